The van der Waals surface area contributed by atoms with Gasteiger partial charge in [0, 0.05) is 69.6 Å². The number of nitrogens with one attached hydrogen (secondary N) is 4. The van der Waals surface area contributed by atoms with E-state index >= 15 is 4.39 Å². The first-order valence-electron chi connectivity index (χ1n) is 24.1. The van der Waals surface area contributed by atoms with E-state index in [0.717, 1.165) is 72.8 Å². The number of benzene rings is 2. The van der Waals surface area contributed by atoms with Crippen LogP contribution in [0.25, 0.3) is 10.4 Å². The number of amides is 4. The van der Waals surface area contributed by atoms with E-state index in [9.17, 15) is 24.3 Å². The molecular formula is C50H64ClFN10O6S2. The Hall–Kier alpha value is -5.08. The third-order valence-corrected chi connectivity index (χ3v) is 17.0. The molecule has 2 aliphatic heterocycles. The number of piperazine rings is 1. The van der Waals surface area contributed by atoms with Crippen LogP contribution in [0.3, 0.4) is 0 Å². The van der Waals surface area contributed by atoms with Gasteiger partial charge in [-0.15, -0.1) is 11.3 Å². The third kappa shape index (κ3) is 12.1. The van der Waals surface area contributed by atoms with Gasteiger partial charge in [-0.2, -0.15) is 16.7 Å². The maximum Gasteiger partial charge on any atom is 0.258 e. The Morgan fingerprint density at radius 3 is 2.40 bits per heavy atom. The smallest absolute Gasteiger partial charge is 0.258 e. The molecular weight excluding hydrogens is 955 g/mol. The quantitative estimate of drug-likeness (QED) is 0.0708. The fourth-order valence-electron chi connectivity index (χ4n) is 9.59. The molecule has 3 atom stereocenters. The number of halogens is 2. The summed E-state index contributed by atoms with van der Waals surface area (Å²) in [4.78, 5) is 74.9. The van der Waals surface area contributed by atoms with Crippen LogP contribution in [0.15, 0.2) is 54.2 Å². The number of methoxy groups -OCH3 is 1. The zero-order valence-electron chi connectivity index (χ0n) is 40.4. The van der Waals surface area contributed by atoms with Crippen molar-refractivity contribution in [1.82, 2.24) is 40.3 Å². The largest absolute Gasteiger partial charge is 0.495 e. The summed E-state index contributed by atoms with van der Waals surface area (Å²) in [5.74, 6) is 1.24. The molecule has 4 heterocycles. The van der Waals surface area contributed by atoms with Gasteiger partial charge in [0.25, 0.3) is 11.8 Å². The first kappa shape index (κ1) is 51.3. The summed E-state index contributed by atoms with van der Waals surface area (Å²) in [6.45, 7) is 9.71. The van der Waals surface area contributed by atoms with Gasteiger partial charge in [-0.1, -0.05) is 35.9 Å². The lowest BCUT2D eigenvalue weighted by Crippen LogP contribution is -2.61. The number of ether oxygens (including phenoxy) is 1. The van der Waals surface area contributed by atoms with Crippen molar-refractivity contribution in [2.24, 2.45) is 11.8 Å². The summed E-state index contributed by atoms with van der Waals surface area (Å²) in [6, 6.07) is 11.1. The van der Waals surface area contributed by atoms with Gasteiger partial charge in [-0.05, 0) is 106 Å². The van der Waals surface area contributed by atoms with Gasteiger partial charge in [0.1, 0.15) is 28.7 Å². The number of hydrogen-bond donors (Lipinski definition) is 5. The molecule has 2 aromatic heterocycles. The minimum atomic E-state index is -2.00. The summed E-state index contributed by atoms with van der Waals surface area (Å²) >= 11 is 9.30. The molecule has 2 saturated heterocycles. The van der Waals surface area contributed by atoms with Gasteiger partial charge in [0.15, 0.2) is 5.67 Å². The second-order valence-electron chi connectivity index (χ2n) is 19.5. The summed E-state index contributed by atoms with van der Waals surface area (Å²) in [6.07, 6.45) is 5.01. The zero-order chi connectivity index (χ0) is 49.7. The highest BCUT2D eigenvalue weighted by Crippen LogP contribution is 2.42. The molecule has 0 radical (unpaired) electrons. The van der Waals surface area contributed by atoms with E-state index in [-0.39, 0.29) is 38.3 Å². The Kier molecular flexibility index (Phi) is 16.2. The number of aromatic nitrogens is 3. The fraction of sp³-hybridized carbons (Fsp3) is 0.540. The first-order chi connectivity index (χ1) is 33.5. The number of anilines is 3. The lowest BCUT2D eigenvalue weighted by Gasteiger charge is -2.40. The average molecular weight is 1020 g/mol. The molecule has 2 aromatic carbocycles. The lowest BCUT2D eigenvalue weighted by atomic mass is 9.82. The number of aliphatic hydroxyl groups is 1. The number of likely N-dealkylation sites (tertiary alicyclic amines) is 1. The van der Waals surface area contributed by atoms with Gasteiger partial charge < -0.3 is 40.9 Å². The molecule has 0 spiro atoms. The monoisotopic (exact) mass is 1020 g/mol. The van der Waals surface area contributed by atoms with E-state index in [1.807, 2.05) is 55.4 Å². The van der Waals surface area contributed by atoms with E-state index in [1.54, 1.807) is 55.5 Å². The molecule has 4 aliphatic rings. The maximum atomic E-state index is 15.2. The normalized spacial score (nSPS) is 21.7. The lowest BCUT2D eigenvalue weighted by molar-refractivity contribution is -0.143. The highest BCUT2D eigenvalue weighted by molar-refractivity contribution is 8.00. The van der Waals surface area contributed by atoms with Gasteiger partial charge in [0.2, 0.25) is 17.8 Å². The molecule has 8 rings (SSSR count). The molecule has 5 N–H and O–H groups in total. The molecule has 70 heavy (non-hydrogen) atoms. The highest BCUT2D eigenvalue weighted by Gasteiger charge is 2.54. The molecule has 4 amide bonds. The number of aryl methyl sites for hydroxylation is 1. The van der Waals surface area contributed by atoms with Crippen molar-refractivity contribution in [3.05, 3.63) is 76.0 Å². The van der Waals surface area contributed by atoms with Gasteiger partial charge in [0.05, 0.1) is 41.2 Å². The number of β-amino-alcohol motifs (C(OH)–C–C–N with tert-alkyl or cyclic N) is 1. The third-order valence-electron chi connectivity index (χ3n) is 14.1. The van der Waals surface area contributed by atoms with E-state index < -0.39 is 46.3 Å². The maximum absolute atomic E-state index is 15.2. The minimum Gasteiger partial charge on any atom is -0.495 e. The number of thiazole rings is 1. The van der Waals surface area contributed by atoms with Crippen molar-refractivity contribution in [3.63, 3.8) is 0 Å². The Labute approximate surface area is 422 Å². The SMILES string of the molecule is CNc1nc(Nc2ccc(C(=O)N3CCN(C[C@H]4CC[C@@H](CSC(C)(C)[C@H](NC(=O)C5(F)CC5)C(=O)N5C[C@H](O)CC5C(=O)NCc5ccc(-c6scnc6C)cc5)CC4)CC3)cc2OC)ncc1Cl. The Balaban J connectivity index is 0.808. The van der Waals surface area contributed by atoms with Crippen LogP contribution >= 0.6 is 34.7 Å². The predicted octanol–water partition coefficient (Wildman–Crippen LogP) is 6.70. The number of carbonyl (C=O) groups is 4. The number of aliphatic hydroxyl groups excluding tert-OH is 1. The number of rotatable bonds is 18. The standard InChI is InChI=1S/C50H64ClFN10O6S2/c1-30-41(69-29-56-30)34-12-10-31(11-13-34)24-54-44(64)39-23-36(63)27-62(39)46(66)42(58-47(67)50(52)16-17-50)49(2,3)70-28-33-8-6-32(7-9-33)26-60-18-20-61(21-19-60)45(65)35-14-15-38(40(22-35)68-5)57-48-55-25-37(51)43(53-4)59-48/h10-15,22,25,29,32-33,36,39,42,63H,6-9,16-21,23-24,26-28H2,1-5H3,(H,54,64)(H,58,67)(H2,53,55,57,59)/t32-,33+,36-,39?,42-/m1/s1. The van der Waals surface area contributed by atoms with Crippen molar-refractivity contribution in [3.8, 4) is 16.2 Å². The van der Waals surface area contributed by atoms with Crippen LogP contribution in [0.5, 0.6) is 5.75 Å². The summed E-state index contributed by atoms with van der Waals surface area (Å²) in [5.41, 5.74) is 3.84. The van der Waals surface area contributed by atoms with Crippen molar-refractivity contribution >= 4 is 75.8 Å². The minimum absolute atomic E-state index is 0.0505. The summed E-state index contributed by atoms with van der Waals surface area (Å²) in [5, 5.41) is 23.0. The topological polar surface area (TPSA) is 194 Å². The molecule has 0 bridgehead atoms. The summed E-state index contributed by atoms with van der Waals surface area (Å²) < 4.78 is 19.9. The number of alkyl halides is 1. The van der Waals surface area contributed by atoms with Crippen molar-refractivity contribution in [2.75, 3.05) is 69.8 Å². The zero-order valence-corrected chi connectivity index (χ0v) is 42.8. The van der Waals surface area contributed by atoms with E-state index in [4.69, 9.17) is 16.3 Å². The molecule has 4 fully saturated rings. The Morgan fingerprint density at radius 1 is 1.03 bits per heavy atom. The van der Waals surface area contributed by atoms with E-state index in [0.29, 0.717) is 58.7 Å². The second kappa shape index (κ2) is 22.1. The van der Waals surface area contributed by atoms with Crippen molar-refractivity contribution in [2.45, 2.75) is 101 Å². The van der Waals surface area contributed by atoms with Crippen LogP contribution in [0.2, 0.25) is 5.02 Å². The Bertz CT molecular complexity index is 2510. The van der Waals surface area contributed by atoms with Crippen LogP contribution in [-0.4, -0.2) is 146 Å². The van der Waals surface area contributed by atoms with Crippen molar-refractivity contribution < 1.29 is 33.4 Å². The molecule has 376 valence electrons. The number of thioether (sulfide) groups is 1. The molecule has 2 aliphatic carbocycles. The van der Waals surface area contributed by atoms with Crippen LogP contribution in [-0.2, 0) is 20.9 Å². The van der Waals surface area contributed by atoms with Crippen LogP contribution in [0, 0.1) is 18.8 Å². The Morgan fingerprint density at radius 2 is 1.74 bits per heavy atom. The number of hydrogen-bond acceptors (Lipinski definition) is 14. The second-order valence-corrected chi connectivity index (χ2v) is 22.5. The van der Waals surface area contributed by atoms with Crippen LogP contribution in [0.4, 0.5) is 21.8 Å². The van der Waals surface area contributed by atoms with E-state index in [2.05, 4.69) is 41.1 Å². The van der Waals surface area contributed by atoms with Gasteiger partial charge in [-0.25, -0.2) is 14.4 Å². The molecule has 16 nitrogen and oxygen atoms in total. The summed E-state index contributed by atoms with van der Waals surface area (Å²) in [7, 11) is 3.28. The number of carbonyl (C=O) groups excluding carboxylic acids is 4. The van der Waals surface area contributed by atoms with Crippen molar-refractivity contribution in [1.29, 1.82) is 0 Å². The van der Waals surface area contributed by atoms with Crippen LogP contribution < -0.4 is 26.0 Å². The molecule has 20 heteroatoms. The fourth-order valence-corrected chi connectivity index (χ4v) is 11.9. The highest BCUT2D eigenvalue weighted by atomic mass is 35.5. The average Bonchev–Trinajstić information content (AvgIpc) is 3.77. The first-order valence-corrected chi connectivity index (χ1v) is 26.3. The molecule has 2 saturated carbocycles. The molecule has 4 aromatic rings. The van der Waals surface area contributed by atoms with Gasteiger partial charge >= 0.3 is 0 Å². The predicted molar refractivity (Wildman–Crippen MR) is 272 cm³/mol. The van der Waals surface area contributed by atoms with Crippen LogP contribution in [0.1, 0.15) is 80.4 Å². The number of nitrogens with zero attached hydrogens (tertiary/aromatic N) is 6. The van der Waals surface area contributed by atoms with E-state index in [1.165, 1.54) is 11.1 Å². The molecule has 1 unspecified atom stereocenters. The van der Waals surface area contributed by atoms with Gasteiger partial charge in [-0.3, -0.25) is 24.1 Å².